The lowest BCUT2D eigenvalue weighted by Gasteiger charge is -2.21. The smallest absolute Gasteiger partial charge is 0.153 e. The van der Waals surface area contributed by atoms with Gasteiger partial charge in [-0.1, -0.05) is 73.7 Å². The lowest BCUT2D eigenvalue weighted by Crippen LogP contribution is -2.07. The topological polar surface area (TPSA) is 44.9 Å². The number of hydrogen-bond acceptors (Lipinski definition) is 3. The number of benzene rings is 5. The summed E-state index contributed by atoms with van der Waals surface area (Å²) in [6.07, 6.45) is 0.852. The summed E-state index contributed by atoms with van der Waals surface area (Å²) in [5, 5.41) is 0. The Kier molecular flexibility index (Phi) is 4.73. The van der Waals surface area contributed by atoms with Crippen LogP contribution in [-0.4, -0.2) is 19.1 Å². The third kappa shape index (κ3) is 3.33. The largest absolute Gasteiger partial charge is 0.453 e. The fraction of sp³-hybridized carbons (Fsp3) is 0.0588. The highest BCUT2D eigenvalue weighted by Crippen LogP contribution is 2.43. The number of imidazole rings is 2. The minimum absolute atomic E-state index is 0.843. The number of ether oxygens (including phenoxy) is 1. The van der Waals surface area contributed by atoms with Crippen LogP contribution in [0.3, 0.4) is 0 Å². The zero-order valence-corrected chi connectivity index (χ0v) is 21.4. The summed E-state index contributed by atoms with van der Waals surface area (Å²) in [6.45, 7) is 2.14. The summed E-state index contributed by atoms with van der Waals surface area (Å²) in [5.74, 6) is 3.66. The molecule has 0 radical (unpaired) electrons. The SMILES string of the molecule is CCc1nc2cccc3c2n1-c1ccc(-c2ccc(-c4nc5ccccc5n4-c4ccccc4)cc2)cc1O3. The second-order valence-electron chi connectivity index (χ2n) is 9.80. The van der Waals surface area contributed by atoms with Gasteiger partial charge in [0.2, 0.25) is 0 Å². The van der Waals surface area contributed by atoms with E-state index >= 15 is 0 Å². The maximum Gasteiger partial charge on any atom is 0.153 e. The van der Waals surface area contributed by atoms with E-state index in [4.69, 9.17) is 14.7 Å². The highest BCUT2D eigenvalue weighted by molar-refractivity contribution is 5.88. The highest BCUT2D eigenvalue weighted by Gasteiger charge is 2.24. The van der Waals surface area contributed by atoms with E-state index in [1.54, 1.807) is 0 Å². The Morgan fingerprint density at radius 1 is 0.615 bits per heavy atom. The van der Waals surface area contributed by atoms with Gasteiger partial charge in [0.25, 0.3) is 0 Å². The standard InChI is InChI=1S/C34H24N4O/c1-2-32-35-27-12-8-14-30-33(27)38(32)29-20-19-24(21-31(29)39-30)22-15-17-23(18-16-22)34-36-26-11-6-7-13-28(26)37(34)25-9-4-3-5-10-25/h3-21H,2H2,1H3. The molecule has 8 rings (SSSR count). The minimum atomic E-state index is 0.843. The van der Waals surface area contributed by atoms with Crippen LogP contribution < -0.4 is 4.74 Å². The van der Waals surface area contributed by atoms with Crippen molar-refractivity contribution in [2.24, 2.45) is 0 Å². The quantitative estimate of drug-likeness (QED) is 0.242. The molecule has 0 spiro atoms. The summed E-state index contributed by atoms with van der Waals surface area (Å²) < 4.78 is 10.9. The number of nitrogens with zero attached hydrogens (tertiary/aromatic N) is 4. The average molecular weight is 505 g/mol. The highest BCUT2D eigenvalue weighted by atomic mass is 16.5. The van der Waals surface area contributed by atoms with Crippen molar-refractivity contribution in [2.75, 3.05) is 0 Å². The van der Waals surface area contributed by atoms with Crippen molar-refractivity contribution in [1.82, 2.24) is 19.1 Å². The van der Waals surface area contributed by atoms with E-state index in [2.05, 4.69) is 101 Å². The van der Waals surface area contributed by atoms with Crippen molar-refractivity contribution in [3.05, 3.63) is 121 Å². The van der Waals surface area contributed by atoms with Crippen molar-refractivity contribution >= 4 is 22.1 Å². The van der Waals surface area contributed by atoms with Crippen LogP contribution in [0.1, 0.15) is 12.7 Å². The first-order valence-corrected chi connectivity index (χ1v) is 13.2. The molecule has 5 aromatic carbocycles. The van der Waals surface area contributed by atoms with Gasteiger partial charge in [0, 0.05) is 17.7 Å². The molecule has 0 unspecified atom stereocenters. The number of fused-ring (bicyclic) bond motifs is 3. The molecule has 3 heterocycles. The zero-order valence-electron chi connectivity index (χ0n) is 21.4. The third-order valence-electron chi connectivity index (χ3n) is 7.50. The van der Waals surface area contributed by atoms with Gasteiger partial charge >= 0.3 is 0 Å². The normalized spacial score (nSPS) is 12.0. The van der Waals surface area contributed by atoms with Gasteiger partial charge in [-0.3, -0.25) is 9.13 Å². The van der Waals surface area contributed by atoms with E-state index in [1.807, 2.05) is 30.3 Å². The van der Waals surface area contributed by atoms with Gasteiger partial charge in [-0.2, -0.15) is 0 Å². The molecule has 1 aliphatic heterocycles. The molecule has 0 saturated heterocycles. The Bertz CT molecular complexity index is 2020. The minimum Gasteiger partial charge on any atom is -0.453 e. The average Bonchev–Trinajstić information content (AvgIpc) is 3.58. The predicted octanol–water partition coefficient (Wildman–Crippen LogP) is 8.37. The fourth-order valence-electron chi connectivity index (χ4n) is 5.67. The number of para-hydroxylation sites is 4. The van der Waals surface area contributed by atoms with Gasteiger partial charge in [-0.05, 0) is 59.7 Å². The predicted molar refractivity (Wildman–Crippen MR) is 156 cm³/mol. The Labute approximate surface area is 225 Å². The summed E-state index contributed by atoms with van der Waals surface area (Å²) in [7, 11) is 0. The van der Waals surface area contributed by atoms with Gasteiger partial charge in [-0.25, -0.2) is 9.97 Å². The van der Waals surface area contributed by atoms with Gasteiger partial charge in [-0.15, -0.1) is 0 Å². The first kappa shape index (κ1) is 21.9. The Morgan fingerprint density at radius 3 is 2.21 bits per heavy atom. The Balaban J connectivity index is 1.21. The van der Waals surface area contributed by atoms with Gasteiger partial charge in [0.15, 0.2) is 11.5 Å². The van der Waals surface area contributed by atoms with E-state index in [0.29, 0.717) is 0 Å². The lowest BCUT2D eigenvalue weighted by molar-refractivity contribution is 0.474. The van der Waals surface area contributed by atoms with E-state index in [-0.39, 0.29) is 0 Å². The second kappa shape index (κ2) is 8.43. The Hall–Kier alpha value is -5.16. The summed E-state index contributed by atoms with van der Waals surface area (Å²) in [6, 6.07) is 39.8. The van der Waals surface area contributed by atoms with Crippen molar-refractivity contribution in [3.63, 3.8) is 0 Å². The van der Waals surface area contributed by atoms with Crippen molar-refractivity contribution in [2.45, 2.75) is 13.3 Å². The van der Waals surface area contributed by atoms with Crippen molar-refractivity contribution < 1.29 is 4.74 Å². The van der Waals surface area contributed by atoms with E-state index < -0.39 is 0 Å². The molecular weight excluding hydrogens is 480 g/mol. The first-order chi connectivity index (χ1) is 19.3. The van der Waals surface area contributed by atoms with Crippen molar-refractivity contribution in [3.8, 4) is 45.4 Å². The molecule has 5 nitrogen and oxygen atoms in total. The zero-order chi connectivity index (χ0) is 25.9. The van der Waals surface area contributed by atoms with Crippen LogP contribution in [0.15, 0.2) is 115 Å². The van der Waals surface area contributed by atoms with Gasteiger partial charge in [0.1, 0.15) is 17.2 Å². The Morgan fingerprint density at radius 2 is 1.36 bits per heavy atom. The molecule has 0 bridgehead atoms. The summed E-state index contributed by atoms with van der Waals surface area (Å²) in [5.41, 5.74) is 9.50. The number of rotatable bonds is 4. The number of hydrogen-bond donors (Lipinski definition) is 0. The number of aromatic nitrogens is 4. The molecule has 0 atom stereocenters. The third-order valence-corrected chi connectivity index (χ3v) is 7.50. The van der Waals surface area contributed by atoms with E-state index in [1.165, 1.54) is 0 Å². The summed E-state index contributed by atoms with van der Waals surface area (Å²) in [4.78, 5) is 9.85. The van der Waals surface area contributed by atoms with Gasteiger partial charge in [0.05, 0.1) is 22.2 Å². The van der Waals surface area contributed by atoms with Crippen molar-refractivity contribution in [1.29, 1.82) is 0 Å². The molecule has 0 aliphatic carbocycles. The molecular formula is C34H24N4O. The van der Waals surface area contributed by atoms with Crippen LogP contribution in [-0.2, 0) is 6.42 Å². The molecule has 7 aromatic rings. The molecule has 0 saturated carbocycles. The van der Waals surface area contributed by atoms with Crippen LogP contribution in [0.2, 0.25) is 0 Å². The van der Waals surface area contributed by atoms with Crippen LogP contribution in [0.25, 0.3) is 56.0 Å². The summed E-state index contributed by atoms with van der Waals surface area (Å²) >= 11 is 0. The molecule has 0 N–H and O–H groups in total. The molecule has 186 valence electrons. The van der Waals surface area contributed by atoms with Crippen LogP contribution in [0.5, 0.6) is 11.5 Å². The van der Waals surface area contributed by atoms with E-state index in [0.717, 1.165) is 79.7 Å². The second-order valence-corrected chi connectivity index (χ2v) is 9.80. The van der Waals surface area contributed by atoms with Crippen LogP contribution in [0, 0.1) is 0 Å². The number of aryl methyl sites for hydroxylation is 1. The molecule has 5 heteroatoms. The molecule has 0 amide bonds. The van der Waals surface area contributed by atoms with Gasteiger partial charge < -0.3 is 4.74 Å². The maximum atomic E-state index is 6.39. The lowest BCUT2D eigenvalue weighted by atomic mass is 10.0. The molecule has 2 aromatic heterocycles. The first-order valence-electron chi connectivity index (χ1n) is 13.2. The maximum absolute atomic E-state index is 6.39. The van der Waals surface area contributed by atoms with Crippen LogP contribution >= 0.6 is 0 Å². The molecule has 39 heavy (non-hydrogen) atoms. The van der Waals surface area contributed by atoms with Crippen LogP contribution in [0.4, 0.5) is 0 Å². The fourth-order valence-corrected chi connectivity index (χ4v) is 5.67. The molecule has 1 aliphatic rings. The molecule has 0 fully saturated rings. The monoisotopic (exact) mass is 504 g/mol. The van der Waals surface area contributed by atoms with E-state index in [9.17, 15) is 0 Å².